The number of nitrogens with one attached hydrogen (secondary N) is 1. The Balaban J connectivity index is 1.63. The van der Waals surface area contributed by atoms with Crippen molar-refractivity contribution in [2.45, 2.75) is 24.4 Å². The van der Waals surface area contributed by atoms with Crippen molar-refractivity contribution >= 4 is 43.2 Å². The number of sulfonamides is 1. The highest BCUT2D eigenvalue weighted by Gasteiger charge is 2.22. The summed E-state index contributed by atoms with van der Waals surface area (Å²) >= 11 is 6.95. The second kappa shape index (κ2) is 9.79. The van der Waals surface area contributed by atoms with Gasteiger partial charge in [-0.1, -0.05) is 35.1 Å². The lowest BCUT2D eigenvalue weighted by atomic mass is 10.1. The van der Waals surface area contributed by atoms with Gasteiger partial charge in [-0.2, -0.15) is 0 Å². The van der Waals surface area contributed by atoms with E-state index in [1.54, 1.807) is 55.0 Å². The SMILES string of the molecule is COc1ccc(OC)c(C(C)NS(=O)(=O)c2ccc3c(c2)sc(=O)n3Cc2ccc(Cl)cc2)c1. The number of thiazole rings is 1. The number of rotatable bonds is 8. The summed E-state index contributed by atoms with van der Waals surface area (Å²) in [5.74, 6) is 1.14. The van der Waals surface area contributed by atoms with Gasteiger partial charge in [-0.15, -0.1) is 0 Å². The average molecular weight is 519 g/mol. The summed E-state index contributed by atoms with van der Waals surface area (Å²) in [6.07, 6.45) is 0. The summed E-state index contributed by atoms with van der Waals surface area (Å²) in [5, 5.41) is 0.620. The maximum absolute atomic E-state index is 13.2. The standard InChI is InChI=1S/C24H23ClN2O5S2/c1-15(20-12-18(31-2)8-11-22(20)32-3)26-34(29,30)19-9-10-21-23(13-19)33-24(28)27(21)14-16-4-6-17(25)7-5-16/h4-13,15,26H,14H2,1-3H3. The van der Waals surface area contributed by atoms with E-state index in [9.17, 15) is 13.2 Å². The monoisotopic (exact) mass is 518 g/mol. The van der Waals surface area contributed by atoms with Gasteiger partial charge in [0, 0.05) is 16.6 Å². The molecule has 4 aromatic rings. The van der Waals surface area contributed by atoms with Crippen molar-refractivity contribution in [2.24, 2.45) is 0 Å². The first-order valence-electron chi connectivity index (χ1n) is 10.3. The number of hydrogen-bond acceptors (Lipinski definition) is 6. The van der Waals surface area contributed by atoms with E-state index >= 15 is 0 Å². The third-order valence-corrected chi connectivity index (χ3v) is 8.17. The number of hydrogen-bond donors (Lipinski definition) is 1. The molecule has 1 aromatic heterocycles. The molecule has 4 rings (SSSR count). The Bertz CT molecular complexity index is 1490. The van der Waals surface area contributed by atoms with Crippen molar-refractivity contribution in [3.8, 4) is 11.5 Å². The van der Waals surface area contributed by atoms with E-state index in [4.69, 9.17) is 21.1 Å². The Morgan fingerprint density at radius 2 is 1.76 bits per heavy atom. The Hall–Kier alpha value is -2.85. The Kier molecular flexibility index (Phi) is 6.99. The molecule has 10 heteroatoms. The largest absolute Gasteiger partial charge is 0.497 e. The fourth-order valence-corrected chi connectivity index (χ4v) is 6.06. The molecule has 0 saturated carbocycles. The summed E-state index contributed by atoms with van der Waals surface area (Å²) in [7, 11) is -0.810. The maximum atomic E-state index is 13.2. The second-order valence-electron chi connectivity index (χ2n) is 7.66. The minimum atomic E-state index is -3.88. The number of benzene rings is 3. The predicted molar refractivity (Wildman–Crippen MR) is 135 cm³/mol. The van der Waals surface area contributed by atoms with Crippen molar-refractivity contribution in [3.05, 3.63) is 86.5 Å². The zero-order valence-electron chi connectivity index (χ0n) is 18.7. The van der Waals surface area contributed by atoms with Crippen LogP contribution in [0.25, 0.3) is 10.2 Å². The van der Waals surface area contributed by atoms with Gasteiger partial charge in [-0.05, 0) is 61.0 Å². The highest BCUT2D eigenvalue weighted by atomic mass is 35.5. The molecule has 0 fully saturated rings. The smallest absolute Gasteiger partial charge is 0.308 e. The van der Waals surface area contributed by atoms with Crippen LogP contribution in [0.15, 0.2) is 70.4 Å². The fraction of sp³-hybridized carbons (Fsp3) is 0.208. The lowest BCUT2D eigenvalue weighted by molar-refractivity contribution is 0.395. The Morgan fingerprint density at radius 1 is 1.03 bits per heavy atom. The number of nitrogens with zero attached hydrogens (tertiary/aromatic N) is 1. The summed E-state index contributed by atoms with van der Waals surface area (Å²) in [6.45, 7) is 2.10. The van der Waals surface area contributed by atoms with E-state index in [1.807, 2.05) is 12.1 Å². The van der Waals surface area contributed by atoms with Crippen LogP contribution < -0.4 is 19.1 Å². The predicted octanol–water partition coefficient (Wildman–Crippen LogP) is 4.82. The minimum Gasteiger partial charge on any atom is -0.497 e. The van der Waals surface area contributed by atoms with Gasteiger partial charge < -0.3 is 9.47 Å². The molecule has 1 N–H and O–H groups in total. The lowest BCUT2D eigenvalue weighted by Crippen LogP contribution is -2.27. The normalized spacial score (nSPS) is 12.6. The molecule has 178 valence electrons. The molecule has 0 amide bonds. The van der Waals surface area contributed by atoms with Gasteiger partial charge in [0.1, 0.15) is 11.5 Å². The quantitative estimate of drug-likeness (QED) is 0.361. The van der Waals surface area contributed by atoms with Gasteiger partial charge in [0.15, 0.2) is 0 Å². The maximum Gasteiger partial charge on any atom is 0.308 e. The summed E-state index contributed by atoms with van der Waals surface area (Å²) in [5.41, 5.74) is 2.24. The zero-order valence-corrected chi connectivity index (χ0v) is 21.1. The number of aromatic nitrogens is 1. The summed E-state index contributed by atoms with van der Waals surface area (Å²) < 4.78 is 41.8. The minimum absolute atomic E-state index is 0.0774. The van der Waals surface area contributed by atoms with Crippen LogP contribution in [0.2, 0.25) is 5.02 Å². The van der Waals surface area contributed by atoms with E-state index < -0.39 is 16.1 Å². The first-order chi connectivity index (χ1) is 16.2. The van der Waals surface area contributed by atoms with Crippen LogP contribution in [0, 0.1) is 0 Å². The fourth-order valence-electron chi connectivity index (χ4n) is 3.68. The first-order valence-corrected chi connectivity index (χ1v) is 13.0. The number of methoxy groups -OCH3 is 2. The highest BCUT2D eigenvalue weighted by Crippen LogP contribution is 2.31. The van der Waals surface area contributed by atoms with Crippen LogP contribution in [0.5, 0.6) is 11.5 Å². The van der Waals surface area contributed by atoms with Crippen LogP contribution in [-0.4, -0.2) is 27.2 Å². The molecule has 0 saturated heterocycles. The van der Waals surface area contributed by atoms with Crippen LogP contribution >= 0.6 is 22.9 Å². The third kappa shape index (κ3) is 4.97. The lowest BCUT2D eigenvalue weighted by Gasteiger charge is -2.18. The molecule has 0 aliphatic carbocycles. The molecule has 0 aliphatic heterocycles. The first kappa shape index (κ1) is 24.3. The van der Waals surface area contributed by atoms with Crippen LogP contribution in [0.4, 0.5) is 0 Å². The van der Waals surface area contributed by atoms with E-state index in [2.05, 4.69) is 4.72 Å². The second-order valence-corrected chi connectivity index (χ2v) is 10.8. The van der Waals surface area contributed by atoms with Crippen molar-refractivity contribution in [3.63, 3.8) is 0 Å². The summed E-state index contributed by atoms with van der Waals surface area (Å²) in [6, 6.07) is 16.6. The van der Waals surface area contributed by atoms with E-state index in [-0.39, 0.29) is 9.77 Å². The average Bonchev–Trinajstić information content (AvgIpc) is 3.13. The number of ether oxygens (including phenoxy) is 2. The van der Waals surface area contributed by atoms with Gasteiger partial charge >= 0.3 is 4.87 Å². The summed E-state index contributed by atoms with van der Waals surface area (Å²) in [4.78, 5) is 12.5. The molecule has 7 nitrogen and oxygen atoms in total. The molecule has 0 aliphatic rings. The molecule has 34 heavy (non-hydrogen) atoms. The molecule has 0 radical (unpaired) electrons. The Labute approximate surface area is 206 Å². The molecule has 1 atom stereocenters. The number of fused-ring (bicyclic) bond motifs is 1. The van der Waals surface area contributed by atoms with Gasteiger partial charge in [0.2, 0.25) is 10.0 Å². The van der Waals surface area contributed by atoms with Crippen LogP contribution in [0.3, 0.4) is 0 Å². The molecular weight excluding hydrogens is 496 g/mol. The molecular formula is C24H23ClN2O5S2. The topological polar surface area (TPSA) is 86.6 Å². The van der Waals surface area contributed by atoms with Crippen LogP contribution in [-0.2, 0) is 16.6 Å². The van der Waals surface area contributed by atoms with Gasteiger partial charge in [0.05, 0.1) is 35.9 Å². The zero-order chi connectivity index (χ0) is 24.5. The molecule has 0 spiro atoms. The van der Waals surface area contributed by atoms with Crippen molar-refractivity contribution in [1.82, 2.24) is 9.29 Å². The third-order valence-electron chi connectivity index (χ3n) is 5.44. The van der Waals surface area contributed by atoms with Gasteiger partial charge in [0.25, 0.3) is 0 Å². The Morgan fingerprint density at radius 3 is 2.44 bits per heavy atom. The molecule has 1 heterocycles. The van der Waals surface area contributed by atoms with E-state index in [0.717, 1.165) is 16.9 Å². The van der Waals surface area contributed by atoms with Crippen molar-refractivity contribution in [1.29, 1.82) is 0 Å². The van der Waals surface area contributed by atoms with Crippen molar-refractivity contribution < 1.29 is 17.9 Å². The van der Waals surface area contributed by atoms with E-state index in [1.165, 1.54) is 19.2 Å². The van der Waals surface area contributed by atoms with Crippen molar-refractivity contribution in [2.75, 3.05) is 14.2 Å². The van der Waals surface area contributed by atoms with Crippen LogP contribution in [0.1, 0.15) is 24.1 Å². The highest BCUT2D eigenvalue weighted by molar-refractivity contribution is 7.89. The number of halogens is 1. The van der Waals surface area contributed by atoms with Gasteiger partial charge in [-0.3, -0.25) is 9.36 Å². The molecule has 1 unspecified atom stereocenters. The molecule has 3 aromatic carbocycles. The van der Waals surface area contributed by atoms with E-state index in [0.29, 0.717) is 38.8 Å². The van der Waals surface area contributed by atoms with Gasteiger partial charge in [-0.25, -0.2) is 13.1 Å². The molecule has 0 bridgehead atoms.